The summed E-state index contributed by atoms with van der Waals surface area (Å²) in [6, 6.07) is 11.7. The fraction of sp³-hybridized carbons (Fsp3) is 0.133. The second-order valence-electron chi connectivity index (χ2n) is 4.41. The Labute approximate surface area is 105 Å². The molecule has 0 fully saturated rings. The summed E-state index contributed by atoms with van der Waals surface area (Å²) in [6.45, 7) is 1.99. The molecule has 0 amide bonds. The van der Waals surface area contributed by atoms with Crippen LogP contribution in [0.2, 0.25) is 0 Å². The predicted octanol–water partition coefficient (Wildman–Crippen LogP) is 3.18. The van der Waals surface area contributed by atoms with Crippen molar-refractivity contribution in [2.45, 2.75) is 13.0 Å². The number of nitrogens with zero attached hydrogens (tertiary/aromatic N) is 1. The molecule has 0 radical (unpaired) electrons. The number of para-hydroxylation sites is 1. The third-order valence-electron chi connectivity index (χ3n) is 3.15. The molecule has 3 rings (SSSR count). The van der Waals surface area contributed by atoms with Gasteiger partial charge in [0.1, 0.15) is 5.76 Å². The molecule has 0 aliphatic carbocycles. The minimum atomic E-state index is -0.267. The molecule has 0 spiro atoms. The quantitative estimate of drug-likeness (QED) is 0.746. The Bertz CT molecular complexity index is 688. The van der Waals surface area contributed by atoms with Crippen LogP contribution in [0.5, 0.6) is 0 Å². The monoisotopic (exact) mass is 238 g/mol. The molecule has 1 atom stereocenters. The number of aryl methyl sites for hydroxylation is 1. The number of rotatable bonds is 2. The lowest BCUT2D eigenvalue weighted by Crippen LogP contribution is -2.12. The Balaban J connectivity index is 2.07. The van der Waals surface area contributed by atoms with Crippen LogP contribution in [-0.2, 0) is 0 Å². The zero-order chi connectivity index (χ0) is 12.5. The van der Waals surface area contributed by atoms with Crippen molar-refractivity contribution < 1.29 is 4.42 Å². The summed E-state index contributed by atoms with van der Waals surface area (Å²) in [5.41, 5.74) is 9.23. The molecule has 0 aliphatic heterocycles. The van der Waals surface area contributed by atoms with Crippen LogP contribution in [-0.4, -0.2) is 4.98 Å². The average Bonchev–Trinajstić information content (AvgIpc) is 2.83. The second kappa shape index (κ2) is 4.27. The molecule has 3 nitrogen and oxygen atoms in total. The Morgan fingerprint density at radius 2 is 2.06 bits per heavy atom. The topological polar surface area (TPSA) is 52.0 Å². The second-order valence-corrected chi connectivity index (χ2v) is 4.41. The lowest BCUT2D eigenvalue weighted by Gasteiger charge is -2.11. The number of furan rings is 1. The number of benzene rings is 1. The number of fused-ring (bicyclic) bond motifs is 1. The van der Waals surface area contributed by atoms with Crippen molar-refractivity contribution in [3.05, 3.63) is 65.7 Å². The summed E-state index contributed by atoms with van der Waals surface area (Å²) < 4.78 is 5.44. The zero-order valence-corrected chi connectivity index (χ0v) is 10.1. The Kier molecular flexibility index (Phi) is 2.61. The zero-order valence-electron chi connectivity index (χ0n) is 10.1. The van der Waals surface area contributed by atoms with E-state index in [1.165, 1.54) is 0 Å². The highest BCUT2D eigenvalue weighted by molar-refractivity contribution is 5.78. The smallest absolute Gasteiger partial charge is 0.127 e. The number of nitrogens with two attached hydrogens (primary N) is 1. The molecule has 3 heteroatoms. The van der Waals surface area contributed by atoms with Gasteiger partial charge in [0.15, 0.2) is 0 Å². The normalized spacial score (nSPS) is 12.8. The molecule has 2 heterocycles. The van der Waals surface area contributed by atoms with Crippen LogP contribution in [0.15, 0.2) is 53.3 Å². The number of aromatic nitrogens is 1. The van der Waals surface area contributed by atoms with Gasteiger partial charge in [-0.25, -0.2) is 0 Å². The van der Waals surface area contributed by atoms with Crippen LogP contribution < -0.4 is 5.73 Å². The van der Waals surface area contributed by atoms with Crippen LogP contribution in [0.1, 0.15) is 22.9 Å². The van der Waals surface area contributed by atoms with Gasteiger partial charge >= 0.3 is 0 Å². The van der Waals surface area contributed by atoms with Gasteiger partial charge in [-0.1, -0.05) is 18.2 Å². The highest BCUT2D eigenvalue weighted by Gasteiger charge is 2.15. The number of hydrogen-bond acceptors (Lipinski definition) is 3. The lowest BCUT2D eigenvalue weighted by molar-refractivity contribution is 0.486. The van der Waals surface area contributed by atoms with E-state index in [4.69, 9.17) is 10.2 Å². The molecular weight excluding hydrogens is 224 g/mol. The van der Waals surface area contributed by atoms with Gasteiger partial charge in [-0.2, -0.15) is 0 Å². The van der Waals surface area contributed by atoms with E-state index in [0.29, 0.717) is 0 Å². The largest absolute Gasteiger partial charge is 0.467 e. The lowest BCUT2D eigenvalue weighted by atomic mass is 10.0. The molecule has 1 aromatic carbocycles. The molecule has 90 valence electrons. The van der Waals surface area contributed by atoms with E-state index in [2.05, 4.69) is 11.1 Å². The van der Waals surface area contributed by atoms with Crippen LogP contribution in [0.3, 0.4) is 0 Å². The Hall–Kier alpha value is -2.13. The van der Waals surface area contributed by atoms with Crippen molar-refractivity contribution in [1.82, 2.24) is 4.98 Å². The van der Waals surface area contributed by atoms with E-state index >= 15 is 0 Å². The van der Waals surface area contributed by atoms with E-state index in [1.807, 2.05) is 43.5 Å². The standard InChI is InChI=1S/C15H14N2O/c1-10-6-7-18-15(10)14(16)12-8-11-4-2-3-5-13(11)17-9-12/h2-9,14H,16H2,1H3. The summed E-state index contributed by atoms with van der Waals surface area (Å²) in [7, 11) is 0. The molecular formula is C15H14N2O. The summed E-state index contributed by atoms with van der Waals surface area (Å²) in [4.78, 5) is 4.42. The molecule has 3 aromatic rings. The molecule has 18 heavy (non-hydrogen) atoms. The first-order valence-electron chi connectivity index (χ1n) is 5.90. The molecule has 2 aromatic heterocycles. The van der Waals surface area contributed by atoms with Gasteiger partial charge in [-0.05, 0) is 36.2 Å². The van der Waals surface area contributed by atoms with Gasteiger partial charge in [0.25, 0.3) is 0 Å². The molecule has 0 aliphatic rings. The van der Waals surface area contributed by atoms with Crippen molar-refractivity contribution in [3.8, 4) is 0 Å². The van der Waals surface area contributed by atoms with E-state index in [9.17, 15) is 0 Å². The summed E-state index contributed by atoms with van der Waals surface area (Å²) >= 11 is 0. The van der Waals surface area contributed by atoms with E-state index < -0.39 is 0 Å². The minimum absolute atomic E-state index is 0.267. The van der Waals surface area contributed by atoms with Crippen molar-refractivity contribution >= 4 is 10.9 Å². The van der Waals surface area contributed by atoms with Crippen molar-refractivity contribution in [2.24, 2.45) is 5.73 Å². The van der Waals surface area contributed by atoms with Gasteiger partial charge < -0.3 is 10.2 Å². The first kappa shape index (κ1) is 11.0. The minimum Gasteiger partial charge on any atom is -0.467 e. The fourth-order valence-electron chi connectivity index (χ4n) is 2.11. The third-order valence-corrected chi connectivity index (χ3v) is 3.15. The third kappa shape index (κ3) is 1.79. The van der Waals surface area contributed by atoms with Crippen LogP contribution in [0, 0.1) is 6.92 Å². The first-order chi connectivity index (χ1) is 8.75. The molecule has 0 saturated carbocycles. The van der Waals surface area contributed by atoms with E-state index in [1.54, 1.807) is 6.26 Å². The van der Waals surface area contributed by atoms with E-state index in [0.717, 1.165) is 27.8 Å². The fourth-order valence-corrected chi connectivity index (χ4v) is 2.11. The molecule has 0 bridgehead atoms. The first-order valence-corrected chi connectivity index (χ1v) is 5.90. The maximum absolute atomic E-state index is 6.22. The van der Waals surface area contributed by atoms with Crippen molar-refractivity contribution in [2.75, 3.05) is 0 Å². The van der Waals surface area contributed by atoms with Gasteiger partial charge in [0, 0.05) is 11.6 Å². The number of hydrogen-bond donors (Lipinski definition) is 1. The SMILES string of the molecule is Cc1ccoc1C(N)c1cnc2ccccc2c1. The molecule has 1 unspecified atom stereocenters. The molecule has 2 N–H and O–H groups in total. The van der Waals surface area contributed by atoms with Crippen molar-refractivity contribution in [3.63, 3.8) is 0 Å². The number of pyridine rings is 1. The van der Waals surface area contributed by atoms with Gasteiger partial charge in [0.2, 0.25) is 0 Å². The maximum Gasteiger partial charge on any atom is 0.127 e. The van der Waals surface area contributed by atoms with Crippen LogP contribution in [0.4, 0.5) is 0 Å². The van der Waals surface area contributed by atoms with E-state index in [-0.39, 0.29) is 6.04 Å². The van der Waals surface area contributed by atoms with Crippen LogP contribution in [0.25, 0.3) is 10.9 Å². The van der Waals surface area contributed by atoms with Crippen LogP contribution >= 0.6 is 0 Å². The summed E-state index contributed by atoms with van der Waals surface area (Å²) in [6.07, 6.45) is 3.48. The maximum atomic E-state index is 6.22. The van der Waals surface area contributed by atoms with Gasteiger partial charge in [-0.15, -0.1) is 0 Å². The highest BCUT2D eigenvalue weighted by Crippen LogP contribution is 2.25. The predicted molar refractivity (Wildman–Crippen MR) is 71.2 cm³/mol. The average molecular weight is 238 g/mol. The summed E-state index contributed by atoms with van der Waals surface area (Å²) in [5, 5.41) is 1.09. The van der Waals surface area contributed by atoms with Gasteiger partial charge in [-0.3, -0.25) is 4.98 Å². The summed E-state index contributed by atoms with van der Waals surface area (Å²) in [5.74, 6) is 0.798. The Morgan fingerprint density at radius 3 is 2.83 bits per heavy atom. The van der Waals surface area contributed by atoms with Crippen molar-refractivity contribution in [1.29, 1.82) is 0 Å². The molecule has 0 saturated heterocycles. The highest BCUT2D eigenvalue weighted by atomic mass is 16.3. The van der Waals surface area contributed by atoms with Gasteiger partial charge in [0.05, 0.1) is 17.8 Å². The Morgan fingerprint density at radius 1 is 1.22 bits per heavy atom.